The number of unbranched alkanes of at least 4 members (excludes halogenated alkanes) is 1. The molecular weight excluding hydrogens is 418 g/mol. The first kappa shape index (κ1) is 23.4. The lowest BCUT2D eigenvalue weighted by Gasteiger charge is -2.55. The van der Waals surface area contributed by atoms with E-state index in [1.807, 2.05) is 12.1 Å². The van der Waals surface area contributed by atoms with Crippen LogP contribution in [-0.2, 0) is 16.8 Å². The van der Waals surface area contributed by atoms with Gasteiger partial charge in [-0.25, -0.2) is 0 Å². The summed E-state index contributed by atoms with van der Waals surface area (Å²) in [5, 5.41) is 0. The molecule has 4 rings (SSSR count). The summed E-state index contributed by atoms with van der Waals surface area (Å²) in [6.07, 6.45) is 5.32. The summed E-state index contributed by atoms with van der Waals surface area (Å²) in [5.41, 5.74) is 2.80. The Morgan fingerprint density at radius 3 is 2.27 bits per heavy atom. The number of carbonyl (C=O) groups excluding carboxylic acids is 1. The molecule has 0 bridgehead atoms. The number of carbonyl (C=O) groups is 1. The minimum absolute atomic E-state index is 0.276. The number of ketones is 1. The van der Waals surface area contributed by atoms with Crippen molar-refractivity contribution in [1.29, 1.82) is 0 Å². The zero-order valence-electron chi connectivity index (χ0n) is 20.4. The molecule has 2 aromatic rings. The number of benzene rings is 2. The lowest BCUT2D eigenvalue weighted by Crippen LogP contribution is -2.60. The van der Waals surface area contributed by atoms with E-state index in [0.717, 1.165) is 49.1 Å². The molecule has 1 fully saturated rings. The molecule has 0 aliphatic carbocycles. The van der Waals surface area contributed by atoms with Gasteiger partial charge in [0, 0.05) is 25.4 Å². The molecular formula is C27H35NO5. The van der Waals surface area contributed by atoms with Crippen LogP contribution in [0.5, 0.6) is 23.0 Å². The van der Waals surface area contributed by atoms with E-state index in [-0.39, 0.29) is 5.78 Å². The van der Waals surface area contributed by atoms with Crippen LogP contribution in [0.2, 0.25) is 0 Å². The van der Waals surface area contributed by atoms with E-state index < -0.39 is 5.54 Å². The van der Waals surface area contributed by atoms with Crippen molar-refractivity contribution in [3.8, 4) is 23.0 Å². The van der Waals surface area contributed by atoms with Crippen molar-refractivity contribution in [2.24, 2.45) is 0 Å². The van der Waals surface area contributed by atoms with Crippen molar-refractivity contribution in [2.75, 3.05) is 35.0 Å². The van der Waals surface area contributed by atoms with Gasteiger partial charge < -0.3 is 18.9 Å². The van der Waals surface area contributed by atoms with Crippen LogP contribution in [-0.4, -0.2) is 51.7 Å². The quantitative estimate of drug-likeness (QED) is 0.575. The van der Waals surface area contributed by atoms with Crippen LogP contribution in [0.15, 0.2) is 30.3 Å². The largest absolute Gasteiger partial charge is 0.493 e. The Morgan fingerprint density at radius 1 is 0.939 bits per heavy atom. The molecule has 2 heterocycles. The van der Waals surface area contributed by atoms with Crippen LogP contribution in [0.1, 0.15) is 55.7 Å². The number of Topliss-reactive ketones (excluding diaryl/α,β-unsaturated/α-hetero) is 1. The smallest absolute Gasteiger partial charge is 0.161 e. The molecule has 33 heavy (non-hydrogen) atoms. The highest BCUT2D eigenvalue weighted by Gasteiger charge is 2.51. The predicted molar refractivity (Wildman–Crippen MR) is 128 cm³/mol. The predicted octanol–water partition coefficient (Wildman–Crippen LogP) is 4.74. The van der Waals surface area contributed by atoms with Crippen LogP contribution < -0.4 is 18.9 Å². The number of hydrogen-bond acceptors (Lipinski definition) is 6. The Hall–Kier alpha value is -2.73. The molecule has 178 valence electrons. The lowest BCUT2D eigenvalue weighted by atomic mass is 9.68. The average molecular weight is 454 g/mol. The van der Waals surface area contributed by atoms with Crippen LogP contribution >= 0.6 is 0 Å². The maximum Gasteiger partial charge on any atom is 0.161 e. The fraction of sp³-hybridized carbons (Fsp3) is 0.519. The highest BCUT2D eigenvalue weighted by atomic mass is 16.5. The minimum Gasteiger partial charge on any atom is -0.493 e. The molecule has 1 saturated heterocycles. The summed E-state index contributed by atoms with van der Waals surface area (Å²) in [5.74, 6) is 3.03. The molecule has 2 atom stereocenters. The summed E-state index contributed by atoms with van der Waals surface area (Å²) >= 11 is 0. The van der Waals surface area contributed by atoms with E-state index in [4.69, 9.17) is 18.9 Å². The summed E-state index contributed by atoms with van der Waals surface area (Å²) in [6, 6.07) is 10.6. The zero-order chi connectivity index (χ0) is 23.6. The first-order valence-corrected chi connectivity index (χ1v) is 11.8. The van der Waals surface area contributed by atoms with Gasteiger partial charge in [-0.2, -0.15) is 0 Å². The average Bonchev–Trinajstić information content (AvgIpc) is 2.85. The van der Waals surface area contributed by atoms with Gasteiger partial charge in [0.1, 0.15) is 5.78 Å². The maximum absolute atomic E-state index is 13.0. The van der Waals surface area contributed by atoms with Crippen LogP contribution in [0.25, 0.3) is 0 Å². The monoisotopic (exact) mass is 453 g/mol. The van der Waals surface area contributed by atoms with Gasteiger partial charge in [0.2, 0.25) is 0 Å². The third kappa shape index (κ3) is 3.95. The Kier molecular flexibility index (Phi) is 6.84. The van der Waals surface area contributed by atoms with Gasteiger partial charge in [-0.05, 0) is 53.8 Å². The van der Waals surface area contributed by atoms with Gasteiger partial charge in [0.15, 0.2) is 23.0 Å². The van der Waals surface area contributed by atoms with Gasteiger partial charge in [-0.1, -0.05) is 25.8 Å². The summed E-state index contributed by atoms with van der Waals surface area (Å²) < 4.78 is 22.5. The van der Waals surface area contributed by atoms with E-state index in [0.29, 0.717) is 36.1 Å². The fourth-order valence-corrected chi connectivity index (χ4v) is 5.71. The number of piperidine rings is 1. The van der Waals surface area contributed by atoms with Gasteiger partial charge >= 0.3 is 0 Å². The molecule has 0 N–H and O–H groups in total. The standard InChI is InChI=1S/C27H35NO5/c1-6-7-8-20-13-18-14-24(31-3)26(33-5)16-22(18)27(17-21(29)11-12-28(20)27)19-9-10-23(30-2)25(15-19)32-4/h9-10,14-16,20H,6-8,11-13,17H2,1-5H3. The van der Waals surface area contributed by atoms with Gasteiger partial charge in [-0.3, -0.25) is 9.69 Å². The molecule has 2 aliphatic rings. The van der Waals surface area contributed by atoms with Crippen LogP contribution in [0, 0.1) is 0 Å². The SMILES string of the molecule is CCCCC1Cc2cc(OC)c(OC)cc2C2(c3ccc(OC)c(OC)c3)CC(=O)CCN12. The Balaban J connectivity index is 1.99. The van der Waals surface area contributed by atoms with Gasteiger partial charge in [0.25, 0.3) is 0 Å². The second-order valence-corrected chi connectivity index (χ2v) is 8.95. The summed E-state index contributed by atoms with van der Waals surface area (Å²) in [7, 11) is 6.61. The van der Waals surface area contributed by atoms with E-state index >= 15 is 0 Å². The van der Waals surface area contributed by atoms with E-state index in [9.17, 15) is 4.79 Å². The van der Waals surface area contributed by atoms with Gasteiger partial charge in [0.05, 0.1) is 34.0 Å². The molecule has 0 radical (unpaired) electrons. The molecule has 0 aromatic heterocycles. The second-order valence-electron chi connectivity index (χ2n) is 8.95. The summed E-state index contributed by atoms with van der Waals surface area (Å²) in [6.45, 7) is 2.97. The van der Waals surface area contributed by atoms with Crippen molar-refractivity contribution in [3.63, 3.8) is 0 Å². The first-order valence-electron chi connectivity index (χ1n) is 11.8. The van der Waals surface area contributed by atoms with Crippen LogP contribution in [0.3, 0.4) is 0 Å². The number of hydrogen-bond donors (Lipinski definition) is 0. The molecule has 0 spiro atoms. The van der Waals surface area contributed by atoms with Crippen molar-refractivity contribution < 1.29 is 23.7 Å². The normalized spacial score (nSPS) is 22.3. The van der Waals surface area contributed by atoms with E-state index in [1.165, 1.54) is 5.56 Å². The van der Waals surface area contributed by atoms with E-state index in [1.54, 1.807) is 28.4 Å². The molecule has 6 nitrogen and oxygen atoms in total. The topological polar surface area (TPSA) is 57.2 Å². The number of rotatable bonds is 8. The third-order valence-electron chi connectivity index (χ3n) is 7.28. The molecule has 2 aromatic carbocycles. The molecule has 0 saturated carbocycles. The molecule has 2 aliphatic heterocycles. The molecule has 2 unspecified atom stereocenters. The highest BCUT2D eigenvalue weighted by molar-refractivity contribution is 5.82. The highest BCUT2D eigenvalue weighted by Crippen LogP contribution is 2.52. The maximum atomic E-state index is 13.0. The van der Waals surface area contributed by atoms with Crippen molar-refractivity contribution >= 4 is 5.78 Å². The molecule has 0 amide bonds. The minimum atomic E-state index is -0.583. The Bertz CT molecular complexity index is 1020. The van der Waals surface area contributed by atoms with Crippen molar-refractivity contribution in [3.05, 3.63) is 47.0 Å². The van der Waals surface area contributed by atoms with Crippen molar-refractivity contribution in [2.45, 2.75) is 57.0 Å². The zero-order valence-corrected chi connectivity index (χ0v) is 20.4. The van der Waals surface area contributed by atoms with Gasteiger partial charge in [-0.15, -0.1) is 0 Å². The van der Waals surface area contributed by atoms with Crippen LogP contribution in [0.4, 0.5) is 0 Å². The van der Waals surface area contributed by atoms with Crippen molar-refractivity contribution in [1.82, 2.24) is 4.90 Å². The fourth-order valence-electron chi connectivity index (χ4n) is 5.71. The molecule has 6 heteroatoms. The summed E-state index contributed by atoms with van der Waals surface area (Å²) in [4.78, 5) is 15.6. The lowest BCUT2D eigenvalue weighted by molar-refractivity contribution is -0.127. The number of ether oxygens (including phenoxy) is 4. The number of nitrogens with zero attached hydrogens (tertiary/aromatic N) is 1. The third-order valence-corrected chi connectivity index (χ3v) is 7.28. The Morgan fingerprint density at radius 2 is 1.61 bits per heavy atom. The first-order chi connectivity index (χ1) is 16.0. The second kappa shape index (κ2) is 9.64. The number of methoxy groups -OCH3 is 4. The number of fused-ring (bicyclic) bond motifs is 3. The van der Waals surface area contributed by atoms with E-state index in [2.05, 4.69) is 30.0 Å². The Labute approximate surface area is 196 Å².